The Balaban J connectivity index is 1.72. The molecule has 1 aliphatic heterocycles. The summed E-state index contributed by atoms with van der Waals surface area (Å²) < 4.78 is 5.41. The highest BCUT2D eigenvalue weighted by Gasteiger charge is 2.27. The Hall–Kier alpha value is -3.02. The third-order valence-corrected chi connectivity index (χ3v) is 4.39. The van der Waals surface area contributed by atoms with Gasteiger partial charge >= 0.3 is 0 Å². The molecule has 0 saturated carbocycles. The maximum Gasteiger partial charge on any atom is 0.246 e. The van der Waals surface area contributed by atoms with Crippen LogP contribution in [0.25, 0.3) is 0 Å². The van der Waals surface area contributed by atoms with E-state index >= 15 is 0 Å². The van der Waals surface area contributed by atoms with Gasteiger partial charge in [0.05, 0.1) is 24.5 Å². The number of carbonyl (C=O) groups excluding carboxylic acids is 2. The average molecular weight is 353 g/mol. The number of hydrogen-bond donors (Lipinski definition) is 2. The van der Waals surface area contributed by atoms with Crippen molar-refractivity contribution in [1.82, 2.24) is 0 Å². The second-order valence-corrected chi connectivity index (χ2v) is 6.29. The smallest absolute Gasteiger partial charge is 0.246 e. The molecule has 2 amide bonds. The van der Waals surface area contributed by atoms with E-state index in [1.54, 1.807) is 0 Å². The predicted molar refractivity (Wildman–Crippen MR) is 103 cm³/mol. The summed E-state index contributed by atoms with van der Waals surface area (Å²) in [6.07, 6.45) is 0. The molecule has 3 rings (SSSR count). The van der Waals surface area contributed by atoms with Gasteiger partial charge in [0.25, 0.3) is 0 Å². The summed E-state index contributed by atoms with van der Waals surface area (Å²) in [6.45, 7) is 6.65. The first-order chi connectivity index (χ1) is 12.5. The van der Waals surface area contributed by atoms with E-state index in [1.807, 2.05) is 57.2 Å². The summed E-state index contributed by atoms with van der Waals surface area (Å²) in [4.78, 5) is 26.2. The van der Waals surface area contributed by atoms with Crippen molar-refractivity contribution in [2.24, 2.45) is 0 Å². The molecule has 1 aliphatic rings. The molecule has 2 aromatic carbocycles. The average Bonchev–Trinajstić information content (AvgIpc) is 2.62. The number of amides is 2. The van der Waals surface area contributed by atoms with Gasteiger partial charge in [0.2, 0.25) is 11.8 Å². The van der Waals surface area contributed by atoms with Crippen LogP contribution in [0.1, 0.15) is 18.1 Å². The number of hydrogen-bond acceptors (Lipinski definition) is 4. The molecule has 136 valence electrons. The number of fused-ring (bicyclic) bond motifs is 1. The summed E-state index contributed by atoms with van der Waals surface area (Å²) in [5, 5.41) is 5.94. The van der Waals surface area contributed by atoms with Gasteiger partial charge in [-0.05, 0) is 68.3 Å². The number of benzene rings is 2. The molecule has 1 heterocycles. The summed E-state index contributed by atoms with van der Waals surface area (Å²) in [5.41, 5.74) is 4.40. The predicted octanol–water partition coefficient (Wildman–Crippen LogP) is 3.10. The van der Waals surface area contributed by atoms with Gasteiger partial charge in [0.15, 0.2) is 0 Å². The first-order valence-electron chi connectivity index (χ1n) is 8.66. The van der Waals surface area contributed by atoms with Gasteiger partial charge in [-0.1, -0.05) is 0 Å². The van der Waals surface area contributed by atoms with Crippen LogP contribution in [-0.2, 0) is 9.59 Å². The van der Waals surface area contributed by atoms with Crippen LogP contribution in [-0.4, -0.2) is 31.5 Å². The van der Waals surface area contributed by atoms with Crippen molar-refractivity contribution in [3.63, 3.8) is 0 Å². The molecule has 2 aromatic rings. The molecule has 0 unspecified atom stereocenters. The summed E-state index contributed by atoms with van der Waals surface area (Å²) in [7, 11) is 0. The monoisotopic (exact) mass is 353 g/mol. The number of nitrogens with one attached hydrogen (secondary N) is 2. The van der Waals surface area contributed by atoms with Crippen molar-refractivity contribution in [1.29, 1.82) is 0 Å². The Morgan fingerprint density at radius 2 is 1.88 bits per heavy atom. The fourth-order valence-electron chi connectivity index (χ4n) is 2.87. The summed E-state index contributed by atoms with van der Waals surface area (Å²) in [5.74, 6) is 0.449. The number of carbonyl (C=O) groups is 2. The van der Waals surface area contributed by atoms with Crippen molar-refractivity contribution in [3.8, 4) is 5.75 Å². The second-order valence-electron chi connectivity index (χ2n) is 6.29. The summed E-state index contributed by atoms with van der Waals surface area (Å²) >= 11 is 0. The van der Waals surface area contributed by atoms with E-state index in [9.17, 15) is 9.59 Å². The number of ether oxygens (including phenoxy) is 1. The number of aryl methyl sites for hydroxylation is 2. The third kappa shape index (κ3) is 3.79. The van der Waals surface area contributed by atoms with Crippen LogP contribution in [0.4, 0.5) is 17.1 Å². The zero-order valence-corrected chi connectivity index (χ0v) is 15.3. The minimum atomic E-state index is -0.185. The molecule has 0 atom stereocenters. The SMILES string of the molecule is CCOc1ccc(NCC(=O)N2CC(=O)Nc3cc(C)c(C)cc32)cc1. The Bertz CT molecular complexity index is 831. The van der Waals surface area contributed by atoms with Gasteiger partial charge in [-0.25, -0.2) is 0 Å². The van der Waals surface area contributed by atoms with Crippen LogP contribution in [0, 0.1) is 13.8 Å². The number of nitrogens with zero attached hydrogens (tertiary/aromatic N) is 1. The maximum absolute atomic E-state index is 12.7. The largest absolute Gasteiger partial charge is 0.494 e. The van der Waals surface area contributed by atoms with E-state index in [2.05, 4.69) is 10.6 Å². The fourth-order valence-corrected chi connectivity index (χ4v) is 2.87. The fraction of sp³-hybridized carbons (Fsp3) is 0.300. The van der Waals surface area contributed by atoms with Crippen LogP contribution < -0.4 is 20.3 Å². The van der Waals surface area contributed by atoms with Gasteiger partial charge in [-0.15, -0.1) is 0 Å². The molecular weight excluding hydrogens is 330 g/mol. The minimum absolute atomic E-state index is 0.0271. The lowest BCUT2D eigenvalue weighted by Crippen LogP contribution is -2.44. The standard InChI is InChI=1S/C20H23N3O3/c1-4-26-16-7-5-15(6-8-16)21-11-20(25)23-12-19(24)22-17-9-13(2)14(3)10-18(17)23/h5-10,21H,4,11-12H2,1-3H3,(H,22,24). The van der Waals surface area contributed by atoms with E-state index in [0.717, 1.165) is 28.3 Å². The number of rotatable bonds is 5. The van der Waals surface area contributed by atoms with Gasteiger partial charge in [-0.2, -0.15) is 0 Å². The van der Waals surface area contributed by atoms with E-state index in [1.165, 1.54) is 4.90 Å². The van der Waals surface area contributed by atoms with E-state index in [0.29, 0.717) is 12.3 Å². The van der Waals surface area contributed by atoms with Gasteiger partial charge in [-0.3, -0.25) is 14.5 Å². The Morgan fingerprint density at radius 3 is 2.58 bits per heavy atom. The Morgan fingerprint density at radius 1 is 1.19 bits per heavy atom. The van der Waals surface area contributed by atoms with Crippen LogP contribution in [0.5, 0.6) is 5.75 Å². The lowest BCUT2D eigenvalue weighted by atomic mass is 10.1. The minimum Gasteiger partial charge on any atom is -0.494 e. The lowest BCUT2D eigenvalue weighted by Gasteiger charge is -2.30. The molecule has 0 aromatic heterocycles. The molecule has 6 heteroatoms. The molecule has 0 bridgehead atoms. The Kier molecular flexibility index (Phi) is 5.11. The zero-order valence-electron chi connectivity index (χ0n) is 15.3. The molecular formula is C20H23N3O3. The lowest BCUT2D eigenvalue weighted by molar-refractivity contribution is -0.120. The van der Waals surface area contributed by atoms with Crippen molar-refractivity contribution in [3.05, 3.63) is 47.5 Å². The molecule has 0 aliphatic carbocycles. The van der Waals surface area contributed by atoms with Crippen molar-refractivity contribution in [2.75, 3.05) is 35.2 Å². The van der Waals surface area contributed by atoms with E-state index in [-0.39, 0.29) is 24.9 Å². The summed E-state index contributed by atoms with van der Waals surface area (Å²) in [6, 6.07) is 11.3. The quantitative estimate of drug-likeness (QED) is 0.866. The van der Waals surface area contributed by atoms with Crippen LogP contribution in [0.2, 0.25) is 0 Å². The van der Waals surface area contributed by atoms with E-state index in [4.69, 9.17) is 4.74 Å². The first kappa shape index (κ1) is 17.8. The van der Waals surface area contributed by atoms with Crippen molar-refractivity contribution >= 4 is 28.9 Å². The molecule has 0 radical (unpaired) electrons. The van der Waals surface area contributed by atoms with Gasteiger partial charge in [0, 0.05) is 5.69 Å². The highest BCUT2D eigenvalue weighted by Crippen LogP contribution is 2.32. The highest BCUT2D eigenvalue weighted by atomic mass is 16.5. The molecule has 0 fully saturated rings. The molecule has 2 N–H and O–H groups in total. The van der Waals surface area contributed by atoms with Gasteiger partial charge < -0.3 is 15.4 Å². The molecule has 26 heavy (non-hydrogen) atoms. The molecule has 0 spiro atoms. The highest BCUT2D eigenvalue weighted by molar-refractivity contribution is 6.11. The van der Waals surface area contributed by atoms with Crippen molar-refractivity contribution < 1.29 is 14.3 Å². The topological polar surface area (TPSA) is 70.7 Å². The third-order valence-electron chi connectivity index (χ3n) is 4.39. The number of anilines is 3. The van der Waals surface area contributed by atoms with Crippen molar-refractivity contribution in [2.45, 2.75) is 20.8 Å². The van der Waals surface area contributed by atoms with Crippen LogP contribution in [0.15, 0.2) is 36.4 Å². The van der Waals surface area contributed by atoms with Crippen LogP contribution in [0.3, 0.4) is 0 Å². The van der Waals surface area contributed by atoms with E-state index < -0.39 is 0 Å². The normalized spacial score (nSPS) is 13.0. The maximum atomic E-state index is 12.7. The second kappa shape index (κ2) is 7.47. The Labute approximate surface area is 153 Å². The molecule has 6 nitrogen and oxygen atoms in total. The first-order valence-corrected chi connectivity index (χ1v) is 8.66. The van der Waals surface area contributed by atoms with Crippen LogP contribution >= 0.6 is 0 Å². The van der Waals surface area contributed by atoms with Gasteiger partial charge in [0.1, 0.15) is 12.3 Å². The molecule has 0 saturated heterocycles. The zero-order chi connectivity index (χ0) is 18.7.